The van der Waals surface area contributed by atoms with Crippen molar-refractivity contribution in [1.29, 1.82) is 0 Å². The van der Waals surface area contributed by atoms with Crippen molar-refractivity contribution in [3.8, 4) is 0 Å². The number of nitrogens with two attached hydrogens (primary N) is 1. The van der Waals surface area contributed by atoms with Gasteiger partial charge >= 0.3 is 0 Å². The van der Waals surface area contributed by atoms with Crippen LogP contribution in [0.1, 0.15) is 45.8 Å². The largest absolute Gasteiger partial charge is 0.411 e. The Labute approximate surface area is 120 Å². The Morgan fingerprint density at radius 3 is 2.35 bits per heavy atom. The van der Waals surface area contributed by atoms with Crippen molar-refractivity contribution in [2.24, 2.45) is 11.1 Å². The lowest BCUT2D eigenvalue weighted by Crippen LogP contribution is -3.07. The van der Waals surface area contributed by atoms with Crippen molar-refractivity contribution in [3.63, 3.8) is 0 Å². The molecule has 1 aromatic rings. The van der Waals surface area contributed by atoms with Gasteiger partial charge in [-0.05, 0) is 33.3 Å². The zero-order valence-electron chi connectivity index (χ0n) is 12.7. The van der Waals surface area contributed by atoms with Gasteiger partial charge in [0.15, 0.2) is 0 Å². The molecule has 0 spiro atoms. The number of oxime groups is 1. The molecule has 4 nitrogen and oxygen atoms in total. The Morgan fingerprint density at radius 2 is 1.80 bits per heavy atom. The molecule has 0 bridgehead atoms. The number of aliphatic hydroxyl groups is 1. The standard InChI is InChI=1S/C16H24N2O2/c1-15(2)10-12(17-20)13(16(3,4)18-15)14(19)11-8-6-5-7-9-11/h5-9,13-14,18-20H,10H2,1-4H3/p+1/b17-12-/t13-,14-/m0/s1. The van der Waals surface area contributed by atoms with Crippen LogP contribution in [0.4, 0.5) is 0 Å². The van der Waals surface area contributed by atoms with Gasteiger partial charge in [-0.1, -0.05) is 35.5 Å². The summed E-state index contributed by atoms with van der Waals surface area (Å²) >= 11 is 0. The minimum absolute atomic E-state index is 0.0298. The zero-order valence-corrected chi connectivity index (χ0v) is 12.7. The van der Waals surface area contributed by atoms with Gasteiger partial charge in [-0.15, -0.1) is 0 Å². The Morgan fingerprint density at radius 1 is 1.20 bits per heavy atom. The molecule has 20 heavy (non-hydrogen) atoms. The second-order valence-electron chi connectivity index (χ2n) is 7.06. The highest BCUT2D eigenvalue weighted by Gasteiger charge is 2.51. The van der Waals surface area contributed by atoms with E-state index in [1.54, 1.807) is 0 Å². The molecule has 4 heteroatoms. The highest BCUT2D eigenvalue weighted by atomic mass is 16.4. The summed E-state index contributed by atoms with van der Waals surface area (Å²) < 4.78 is 0. The number of hydrogen-bond donors (Lipinski definition) is 3. The predicted molar refractivity (Wildman–Crippen MR) is 78.8 cm³/mol. The van der Waals surface area contributed by atoms with Gasteiger partial charge in [0.1, 0.15) is 5.54 Å². The van der Waals surface area contributed by atoms with Crippen LogP contribution in [0.25, 0.3) is 0 Å². The van der Waals surface area contributed by atoms with E-state index in [0.717, 1.165) is 5.56 Å². The fraction of sp³-hybridized carbons (Fsp3) is 0.562. The highest BCUT2D eigenvalue weighted by molar-refractivity contribution is 5.89. The molecular weight excluding hydrogens is 252 g/mol. The number of piperidine rings is 1. The van der Waals surface area contributed by atoms with Gasteiger partial charge in [-0.2, -0.15) is 0 Å². The van der Waals surface area contributed by atoms with E-state index in [1.807, 2.05) is 30.3 Å². The highest BCUT2D eigenvalue weighted by Crippen LogP contribution is 2.35. The van der Waals surface area contributed by atoms with E-state index in [1.165, 1.54) is 0 Å². The third-order valence-electron chi connectivity index (χ3n) is 4.15. The summed E-state index contributed by atoms with van der Waals surface area (Å²) in [6, 6.07) is 9.58. The molecule has 4 N–H and O–H groups in total. The van der Waals surface area contributed by atoms with E-state index in [4.69, 9.17) is 0 Å². The maximum Gasteiger partial charge on any atom is 0.102 e. The van der Waals surface area contributed by atoms with Gasteiger partial charge in [0.25, 0.3) is 0 Å². The van der Waals surface area contributed by atoms with Crippen molar-refractivity contribution in [1.82, 2.24) is 0 Å². The van der Waals surface area contributed by atoms with E-state index < -0.39 is 6.10 Å². The van der Waals surface area contributed by atoms with Crippen LogP contribution >= 0.6 is 0 Å². The number of rotatable bonds is 2. The maximum absolute atomic E-state index is 10.7. The third-order valence-corrected chi connectivity index (χ3v) is 4.15. The predicted octanol–water partition coefficient (Wildman–Crippen LogP) is 1.69. The Bertz CT molecular complexity index is 494. The molecule has 0 aromatic heterocycles. The number of aliphatic hydroxyl groups excluding tert-OH is 1. The molecule has 0 saturated carbocycles. The van der Waals surface area contributed by atoms with Gasteiger partial charge in [0, 0.05) is 6.42 Å². The summed E-state index contributed by atoms with van der Waals surface area (Å²) in [6.45, 7) is 8.45. The van der Waals surface area contributed by atoms with Crippen LogP contribution in [0, 0.1) is 5.92 Å². The fourth-order valence-corrected chi connectivity index (χ4v) is 3.68. The van der Waals surface area contributed by atoms with E-state index in [-0.39, 0.29) is 17.0 Å². The summed E-state index contributed by atoms with van der Waals surface area (Å²) in [4.78, 5) is 0. The van der Waals surface area contributed by atoms with Crippen molar-refractivity contribution >= 4 is 5.71 Å². The van der Waals surface area contributed by atoms with Crippen LogP contribution in [0.3, 0.4) is 0 Å². The SMILES string of the molecule is CC1(C)C/C(=N/O)[C@@H]([C@@H](O)c2ccccc2)C(C)(C)[NH2+]1. The number of nitrogens with zero attached hydrogens (tertiary/aromatic N) is 1. The van der Waals surface area contributed by atoms with Crippen molar-refractivity contribution in [2.75, 3.05) is 0 Å². The lowest BCUT2D eigenvalue weighted by molar-refractivity contribution is -0.787. The summed E-state index contributed by atoms with van der Waals surface area (Å²) in [5, 5.41) is 25.9. The first-order valence-electron chi connectivity index (χ1n) is 7.08. The lowest BCUT2D eigenvalue weighted by Gasteiger charge is -2.46. The summed E-state index contributed by atoms with van der Waals surface area (Å²) in [5.74, 6) is -0.206. The summed E-state index contributed by atoms with van der Waals surface area (Å²) in [7, 11) is 0. The molecule has 0 unspecified atom stereocenters. The van der Waals surface area contributed by atoms with Crippen LogP contribution in [0.5, 0.6) is 0 Å². The molecule has 110 valence electrons. The quantitative estimate of drug-likeness (QED) is 0.569. The molecular formula is C16H25N2O2+. The number of hydrogen-bond acceptors (Lipinski definition) is 3. The van der Waals surface area contributed by atoms with Crippen molar-refractivity contribution in [3.05, 3.63) is 35.9 Å². The molecule has 1 fully saturated rings. The van der Waals surface area contributed by atoms with E-state index >= 15 is 0 Å². The molecule has 1 aliphatic rings. The second-order valence-corrected chi connectivity index (χ2v) is 7.06. The molecule has 1 saturated heterocycles. The van der Waals surface area contributed by atoms with E-state index in [0.29, 0.717) is 12.1 Å². The molecule has 0 radical (unpaired) electrons. The normalized spacial score (nSPS) is 28.2. The number of quaternary nitrogens is 1. The first-order valence-corrected chi connectivity index (χ1v) is 7.08. The van der Waals surface area contributed by atoms with Crippen LogP contribution in [0.15, 0.2) is 35.5 Å². The van der Waals surface area contributed by atoms with Gasteiger partial charge in [0.2, 0.25) is 0 Å². The van der Waals surface area contributed by atoms with Gasteiger partial charge in [-0.25, -0.2) is 0 Å². The smallest absolute Gasteiger partial charge is 0.102 e. The molecule has 0 aliphatic carbocycles. The molecule has 1 heterocycles. The van der Waals surface area contributed by atoms with Gasteiger partial charge in [-0.3, -0.25) is 0 Å². The molecule has 2 rings (SSSR count). The molecule has 1 aliphatic heterocycles. The number of benzene rings is 1. The summed E-state index contributed by atoms with van der Waals surface area (Å²) in [6.07, 6.45) is 0.00560. The van der Waals surface area contributed by atoms with Crippen LogP contribution < -0.4 is 5.32 Å². The van der Waals surface area contributed by atoms with Crippen LogP contribution in [0.2, 0.25) is 0 Å². The second kappa shape index (κ2) is 5.19. The molecule has 2 atom stereocenters. The Balaban J connectivity index is 2.38. The van der Waals surface area contributed by atoms with Crippen molar-refractivity contribution < 1.29 is 15.6 Å². The van der Waals surface area contributed by atoms with Gasteiger partial charge in [0.05, 0.1) is 23.3 Å². The van der Waals surface area contributed by atoms with Crippen LogP contribution in [-0.2, 0) is 0 Å². The average Bonchev–Trinajstić information content (AvgIpc) is 2.36. The average molecular weight is 277 g/mol. The Hall–Kier alpha value is -1.39. The first-order chi connectivity index (χ1) is 9.27. The topological polar surface area (TPSA) is 69.4 Å². The molecule has 0 amide bonds. The Kier molecular flexibility index (Phi) is 3.89. The lowest BCUT2D eigenvalue weighted by atomic mass is 9.69. The summed E-state index contributed by atoms with van der Waals surface area (Å²) in [5.41, 5.74) is 1.27. The molecule has 1 aromatic carbocycles. The maximum atomic E-state index is 10.7. The minimum atomic E-state index is -0.663. The van der Waals surface area contributed by atoms with E-state index in [2.05, 4.69) is 38.2 Å². The first kappa shape index (κ1) is 15.0. The fourth-order valence-electron chi connectivity index (χ4n) is 3.68. The van der Waals surface area contributed by atoms with Crippen LogP contribution in [-0.4, -0.2) is 27.1 Å². The monoisotopic (exact) mass is 277 g/mol. The van der Waals surface area contributed by atoms with E-state index in [9.17, 15) is 10.3 Å². The van der Waals surface area contributed by atoms with Gasteiger partial charge < -0.3 is 15.6 Å². The third kappa shape index (κ3) is 2.86. The van der Waals surface area contributed by atoms with Crippen molar-refractivity contribution in [2.45, 2.75) is 51.3 Å². The minimum Gasteiger partial charge on any atom is -0.411 e. The zero-order chi connectivity index (χ0) is 15.0.